The normalized spacial score (nSPS) is 11.9. The number of carbonyl (C=O) groups excluding carboxylic acids is 2. The fourth-order valence-corrected chi connectivity index (χ4v) is 1.67. The van der Waals surface area contributed by atoms with Crippen LogP contribution in [-0.4, -0.2) is 43.3 Å². The third-order valence-electron chi connectivity index (χ3n) is 2.90. The molecule has 0 spiro atoms. The molecule has 1 aromatic carbocycles. The number of aliphatic hydroxyl groups is 1. The number of hydrogen-bond acceptors (Lipinski definition) is 5. The summed E-state index contributed by atoms with van der Waals surface area (Å²) in [4.78, 5) is 22.9. The molecule has 1 rings (SSSR count). The van der Waals surface area contributed by atoms with E-state index in [1.165, 1.54) is 7.11 Å². The zero-order valence-electron chi connectivity index (χ0n) is 12.5. The number of amides is 1. The van der Waals surface area contributed by atoms with Gasteiger partial charge in [0, 0.05) is 0 Å². The first-order valence-corrected chi connectivity index (χ1v) is 6.68. The molecule has 6 nitrogen and oxygen atoms in total. The molecule has 0 radical (unpaired) electrons. The quantitative estimate of drug-likeness (QED) is 0.728. The van der Waals surface area contributed by atoms with Crippen molar-refractivity contribution in [3.05, 3.63) is 29.8 Å². The lowest BCUT2D eigenvalue weighted by molar-refractivity contribution is -0.146. The van der Waals surface area contributed by atoms with E-state index in [0.29, 0.717) is 11.7 Å². The molecule has 116 valence electrons. The number of hydrogen-bond donors (Lipinski definition) is 2. The van der Waals surface area contributed by atoms with Crippen molar-refractivity contribution in [2.45, 2.75) is 25.8 Å². The van der Waals surface area contributed by atoms with Crippen molar-refractivity contribution in [2.75, 3.05) is 20.3 Å². The number of rotatable bonds is 7. The van der Waals surface area contributed by atoms with E-state index in [9.17, 15) is 9.59 Å². The summed E-state index contributed by atoms with van der Waals surface area (Å²) in [5.41, 5.74) is 1.11. The Morgan fingerprint density at radius 2 is 2.05 bits per heavy atom. The molecule has 1 unspecified atom stereocenters. The topological polar surface area (TPSA) is 84.9 Å². The molecule has 1 amide bonds. The lowest BCUT2D eigenvalue weighted by atomic mass is 10.0. The summed E-state index contributed by atoms with van der Waals surface area (Å²) >= 11 is 0. The third-order valence-corrected chi connectivity index (χ3v) is 2.90. The fourth-order valence-electron chi connectivity index (χ4n) is 1.67. The molecule has 6 heteroatoms. The summed E-state index contributed by atoms with van der Waals surface area (Å²) < 4.78 is 9.83. The van der Waals surface area contributed by atoms with Gasteiger partial charge in [0.25, 0.3) is 5.91 Å². The Labute approximate surface area is 124 Å². The van der Waals surface area contributed by atoms with Crippen molar-refractivity contribution in [2.24, 2.45) is 0 Å². The van der Waals surface area contributed by atoms with Gasteiger partial charge < -0.3 is 19.9 Å². The Hall–Kier alpha value is -2.08. The highest BCUT2D eigenvalue weighted by molar-refractivity contribution is 5.85. The van der Waals surface area contributed by atoms with Crippen LogP contribution in [0.15, 0.2) is 24.3 Å². The highest BCUT2D eigenvalue weighted by Gasteiger charge is 2.20. The van der Waals surface area contributed by atoms with Crippen molar-refractivity contribution in [3.63, 3.8) is 0 Å². The molecule has 0 aliphatic carbocycles. The maximum absolute atomic E-state index is 11.7. The van der Waals surface area contributed by atoms with Crippen molar-refractivity contribution < 1.29 is 24.2 Å². The highest BCUT2D eigenvalue weighted by Crippen LogP contribution is 2.19. The average Bonchev–Trinajstić information content (AvgIpc) is 2.50. The van der Waals surface area contributed by atoms with Gasteiger partial charge in [-0.25, -0.2) is 4.79 Å². The summed E-state index contributed by atoms with van der Waals surface area (Å²) in [6.45, 7) is 3.36. The second-order valence-corrected chi connectivity index (χ2v) is 4.84. The van der Waals surface area contributed by atoms with Crippen LogP contribution in [0.4, 0.5) is 0 Å². The summed E-state index contributed by atoms with van der Waals surface area (Å²) in [6, 6.07) is 6.38. The second-order valence-electron chi connectivity index (χ2n) is 4.84. The predicted octanol–water partition coefficient (Wildman–Crippen LogP) is 0.839. The SMILES string of the molecule is COC(=O)C(CO)NC(=O)COc1cccc(C(C)C)c1. The Bertz CT molecular complexity index is 487. The number of benzene rings is 1. The zero-order valence-corrected chi connectivity index (χ0v) is 12.5. The molecule has 21 heavy (non-hydrogen) atoms. The van der Waals surface area contributed by atoms with Crippen LogP contribution in [-0.2, 0) is 14.3 Å². The van der Waals surface area contributed by atoms with Crippen molar-refractivity contribution in [1.29, 1.82) is 0 Å². The number of ether oxygens (including phenoxy) is 2. The number of carbonyl (C=O) groups is 2. The highest BCUT2D eigenvalue weighted by atomic mass is 16.5. The maximum atomic E-state index is 11.7. The summed E-state index contributed by atoms with van der Waals surface area (Å²) in [5, 5.41) is 11.3. The van der Waals surface area contributed by atoms with Crippen molar-refractivity contribution in [3.8, 4) is 5.75 Å². The fraction of sp³-hybridized carbons (Fsp3) is 0.467. The standard InChI is InChI=1S/C15H21NO5/c1-10(2)11-5-4-6-12(7-11)21-9-14(18)16-13(8-17)15(19)20-3/h4-7,10,13,17H,8-9H2,1-3H3,(H,16,18). The number of nitrogens with one attached hydrogen (secondary N) is 1. The molecule has 0 aliphatic rings. The molecule has 0 aliphatic heterocycles. The molecule has 0 aromatic heterocycles. The molecule has 0 heterocycles. The lowest BCUT2D eigenvalue weighted by Gasteiger charge is -2.14. The minimum absolute atomic E-state index is 0.241. The molecular weight excluding hydrogens is 274 g/mol. The van der Waals surface area contributed by atoms with Crippen LogP contribution in [0.2, 0.25) is 0 Å². The van der Waals surface area contributed by atoms with Gasteiger partial charge in [0.1, 0.15) is 5.75 Å². The first-order valence-electron chi connectivity index (χ1n) is 6.68. The molecule has 0 saturated heterocycles. The van der Waals surface area contributed by atoms with Crippen LogP contribution >= 0.6 is 0 Å². The van der Waals surface area contributed by atoms with Gasteiger partial charge in [-0.15, -0.1) is 0 Å². The van der Waals surface area contributed by atoms with Gasteiger partial charge in [-0.05, 0) is 23.6 Å². The van der Waals surface area contributed by atoms with E-state index in [-0.39, 0.29) is 6.61 Å². The molecule has 0 bridgehead atoms. The van der Waals surface area contributed by atoms with Gasteiger partial charge >= 0.3 is 5.97 Å². The van der Waals surface area contributed by atoms with Gasteiger partial charge in [0.05, 0.1) is 13.7 Å². The Balaban J connectivity index is 2.53. The van der Waals surface area contributed by atoms with Crippen LogP contribution in [0, 0.1) is 0 Å². The largest absolute Gasteiger partial charge is 0.484 e. The van der Waals surface area contributed by atoms with Gasteiger partial charge in [0.2, 0.25) is 0 Å². The molecule has 2 N–H and O–H groups in total. The lowest BCUT2D eigenvalue weighted by Crippen LogP contribution is -2.45. The molecule has 0 saturated carbocycles. The molecule has 1 aromatic rings. The van der Waals surface area contributed by atoms with E-state index in [2.05, 4.69) is 23.9 Å². The predicted molar refractivity (Wildman–Crippen MR) is 77.1 cm³/mol. The number of esters is 1. The molecular formula is C15H21NO5. The van der Waals surface area contributed by atoms with E-state index in [1.54, 1.807) is 6.07 Å². The van der Waals surface area contributed by atoms with E-state index < -0.39 is 24.5 Å². The monoisotopic (exact) mass is 295 g/mol. The molecule has 0 fully saturated rings. The Morgan fingerprint density at radius 3 is 2.62 bits per heavy atom. The van der Waals surface area contributed by atoms with Gasteiger partial charge in [0.15, 0.2) is 12.6 Å². The summed E-state index contributed by atoms with van der Waals surface area (Å²) in [5.74, 6) is -0.266. The third kappa shape index (κ3) is 5.43. The van der Waals surface area contributed by atoms with Crippen LogP contribution in [0.1, 0.15) is 25.3 Å². The van der Waals surface area contributed by atoms with E-state index >= 15 is 0 Å². The maximum Gasteiger partial charge on any atom is 0.330 e. The minimum Gasteiger partial charge on any atom is -0.484 e. The second kappa shape index (κ2) is 8.26. The Kier molecular flexibility index (Phi) is 6.68. The zero-order chi connectivity index (χ0) is 15.8. The smallest absolute Gasteiger partial charge is 0.330 e. The van der Waals surface area contributed by atoms with E-state index in [1.807, 2.05) is 18.2 Å². The summed E-state index contributed by atoms with van der Waals surface area (Å²) in [7, 11) is 1.19. The number of aliphatic hydroxyl groups excluding tert-OH is 1. The van der Waals surface area contributed by atoms with Gasteiger partial charge in [-0.1, -0.05) is 26.0 Å². The van der Waals surface area contributed by atoms with Crippen LogP contribution in [0.3, 0.4) is 0 Å². The van der Waals surface area contributed by atoms with Crippen molar-refractivity contribution >= 4 is 11.9 Å². The first-order chi connectivity index (χ1) is 9.97. The van der Waals surface area contributed by atoms with E-state index in [0.717, 1.165) is 5.56 Å². The number of methoxy groups -OCH3 is 1. The van der Waals surface area contributed by atoms with Crippen LogP contribution < -0.4 is 10.1 Å². The van der Waals surface area contributed by atoms with Gasteiger partial charge in [-0.3, -0.25) is 4.79 Å². The van der Waals surface area contributed by atoms with Crippen molar-refractivity contribution in [1.82, 2.24) is 5.32 Å². The summed E-state index contributed by atoms with van der Waals surface area (Å²) in [6.07, 6.45) is 0. The first kappa shape index (κ1) is 17.0. The van der Waals surface area contributed by atoms with Crippen LogP contribution in [0.25, 0.3) is 0 Å². The van der Waals surface area contributed by atoms with E-state index in [4.69, 9.17) is 9.84 Å². The Morgan fingerprint density at radius 1 is 1.33 bits per heavy atom. The van der Waals surface area contributed by atoms with Gasteiger partial charge in [-0.2, -0.15) is 0 Å². The molecule has 1 atom stereocenters. The minimum atomic E-state index is -1.08. The van der Waals surface area contributed by atoms with Crippen LogP contribution in [0.5, 0.6) is 5.75 Å². The average molecular weight is 295 g/mol.